The number of nitrogens with one attached hydrogen (secondary N) is 2. The van der Waals surface area contributed by atoms with E-state index in [4.69, 9.17) is 0 Å². The van der Waals surface area contributed by atoms with E-state index in [9.17, 15) is 13.2 Å². The molecule has 8 heteroatoms. The van der Waals surface area contributed by atoms with E-state index >= 15 is 0 Å². The fraction of sp³-hybridized carbons (Fsp3) is 0.571. The van der Waals surface area contributed by atoms with E-state index in [1.54, 1.807) is 0 Å². The van der Waals surface area contributed by atoms with Crippen molar-refractivity contribution < 1.29 is 13.2 Å². The van der Waals surface area contributed by atoms with Crippen molar-refractivity contribution in [1.82, 2.24) is 10.6 Å². The first-order valence-electron chi connectivity index (χ1n) is 10.1. The van der Waals surface area contributed by atoms with Gasteiger partial charge in [-0.15, -0.1) is 24.0 Å². The Morgan fingerprint density at radius 3 is 2.66 bits per heavy atom. The third kappa shape index (κ3) is 7.08. The van der Waals surface area contributed by atoms with Gasteiger partial charge in [0.05, 0.1) is 12.5 Å². The molecule has 1 aliphatic carbocycles. The van der Waals surface area contributed by atoms with Gasteiger partial charge in [0.2, 0.25) is 0 Å². The number of hydrogen-bond donors (Lipinski definition) is 2. The average molecular weight is 522 g/mol. The molecule has 0 saturated heterocycles. The number of benzene rings is 1. The molecule has 1 fully saturated rings. The molecule has 29 heavy (non-hydrogen) atoms. The van der Waals surface area contributed by atoms with Crippen molar-refractivity contribution in [2.45, 2.75) is 51.4 Å². The molecule has 0 spiro atoms. The van der Waals surface area contributed by atoms with Crippen LogP contribution in [0.15, 0.2) is 41.4 Å². The van der Waals surface area contributed by atoms with Crippen molar-refractivity contribution in [2.75, 3.05) is 24.5 Å². The van der Waals surface area contributed by atoms with E-state index in [1.807, 2.05) is 19.1 Å². The van der Waals surface area contributed by atoms with Crippen LogP contribution in [0, 0.1) is 5.92 Å². The van der Waals surface area contributed by atoms with E-state index in [0.29, 0.717) is 25.5 Å². The zero-order valence-corrected chi connectivity index (χ0v) is 19.0. The molecule has 0 amide bonds. The minimum absolute atomic E-state index is 0. The van der Waals surface area contributed by atoms with Gasteiger partial charge in [-0.25, -0.2) is 4.99 Å². The molecule has 162 valence electrons. The van der Waals surface area contributed by atoms with Gasteiger partial charge in [-0.05, 0) is 43.9 Å². The van der Waals surface area contributed by atoms with Crippen LogP contribution in [-0.2, 0) is 6.54 Å². The molecule has 1 aliphatic heterocycles. The van der Waals surface area contributed by atoms with Crippen LogP contribution >= 0.6 is 24.0 Å². The van der Waals surface area contributed by atoms with E-state index in [0.717, 1.165) is 30.8 Å². The minimum atomic E-state index is -4.11. The van der Waals surface area contributed by atoms with Gasteiger partial charge in [0, 0.05) is 31.4 Å². The lowest BCUT2D eigenvalue weighted by atomic mass is 9.85. The van der Waals surface area contributed by atoms with Crippen LogP contribution in [-0.4, -0.2) is 37.8 Å². The average Bonchev–Trinajstić information content (AvgIpc) is 3.21. The summed E-state index contributed by atoms with van der Waals surface area (Å²) in [5.41, 5.74) is 2.24. The number of halogens is 4. The summed E-state index contributed by atoms with van der Waals surface area (Å²) in [6.45, 7) is 4.94. The lowest BCUT2D eigenvalue weighted by Crippen LogP contribution is -2.46. The molecule has 0 aromatic heterocycles. The van der Waals surface area contributed by atoms with Crippen molar-refractivity contribution in [3.05, 3.63) is 42.0 Å². The van der Waals surface area contributed by atoms with E-state index < -0.39 is 12.1 Å². The van der Waals surface area contributed by atoms with Gasteiger partial charge in [0.15, 0.2) is 5.96 Å². The smallest absolute Gasteiger partial charge is 0.364 e. The molecule has 1 heterocycles. The summed E-state index contributed by atoms with van der Waals surface area (Å²) in [7, 11) is 0. The third-order valence-corrected chi connectivity index (χ3v) is 5.34. The molecule has 2 atom stereocenters. The highest BCUT2D eigenvalue weighted by atomic mass is 127. The van der Waals surface area contributed by atoms with Crippen molar-refractivity contribution in [3.8, 4) is 0 Å². The standard InChI is InChI=1S/C21H29F3N4.HI/c1-2-25-20(27-18-9-6-8-17(14-18)21(22,23)24)26-15-16-7-5-10-19(13-16)28-11-3-4-12-28;/h3-5,7,10,13,17-18H,2,6,8-9,11-12,14-15H2,1H3,(H2,25,26,27);1H. The second kappa shape index (κ2) is 11.1. The van der Waals surface area contributed by atoms with Crippen molar-refractivity contribution in [3.63, 3.8) is 0 Å². The van der Waals surface area contributed by atoms with Gasteiger partial charge in [-0.3, -0.25) is 0 Å². The maximum absolute atomic E-state index is 13.1. The zero-order valence-electron chi connectivity index (χ0n) is 16.7. The Bertz CT molecular complexity index is 697. The third-order valence-electron chi connectivity index (χ3n) is 5.34. The van der Waals surface area contributed by atoms with Gasteiger partial charge >= 0.3 is 6.18 Å². The lowest BCUT2D eigenvalue weighted by Gasteiger charge is -2.32. The van der Waals surface area contributed by atoms with Gasteiger partial charge in [-0.2, -0.15) is 13.2 Å². The van der Waals surface area contributed by atoms with Crippen LogP contribution in [0.3, 0.4) is 0 Å². The van der Waals surface area contributed by atoms with Gasteiger partial charge in [0.25, 0.3) is 0 Å². The van der Waals surface area contributed by atoms with Gasteiger partial charge < -0.3 is 15.5 Å². The number of hydrogen-bond acceptors (Lipinski definition) is 2. The van der Waals surface area contributed by atoms with Crippen molar-refractivity contribution >= 4 is 35.6 Å². The summed E-state index contributed by atoms with van der Waals surface area (Å²) in [6, 6.07) is 8.07. The second-order valence-electron chi connectivity index (χ2n) is 7.49. The Hall–Kier alpha value is -1.45. The van der Waals surface area contributed by atoms with Crippen LogP contribution in [0.25, 0.3) is 0 Å². The predicted molar refractivity (Wildman–Crippen MR) is 123 cm³/mol. The first-order valence-corrected chi connectivity index (χ1v) is 10.1. The number of nitrogens with zero attached hydrogens (tertiary/aromatic N) is 2. The highest BCUT2D eigenvalue weighted by molar-refractivity contribution is 14.0. The van der Waals surface area contributed by atoms with Crippen LogP contribution in [0.4, 0.5) is 18.9 Å². The Balaban J connectivity index is 0.00000300. The highest BCUT2D eigenvalue weighted by Crippen LogP contribution is 2.37. The molecule has 0 radical (unpaired) electrons. The molecule has 2 N–H and O–H groups in total. The largest absolute Gasteiger partial charge is 0.391 e. The van der Waals surface area contributed by atoms with E-state index in [-0.39, 0.29) is 42.9 Å². The summed E-state index contributed by atoms with van der Waals surface area (Å²) in [6.07, 6.45) is 1.87. The van der Waals surface area contributed by atoms with E-state index in [2.05, 4.69) is 44.8 Å². The monoisotopic (exact) mass is 522 g/mol. The molecular formula is C21H30F3IN4. The molecule has 4 nitrogen and oxygen atoms in total. The predicted octanol–water partition coefficient (Wildman–Crippen LogP) is 4.86. The van der Waals surface area contributed by atoms with Gasteiger partial charge in [-0.1, -0.05) is 30.7 Å². The Morgan fingerprint density at radius 2 is 1.97 bits per heavy atom. The summed E-state index contributed by atoms with van der Waals surface area (Å²) >= 11 is 0. The molecule has 2 unspecified atom stereocenters. The normalized spacial score (nSPS) is 22.3. The number of aliphatic imine (C=N–C) groups is 1. The summed E-state index contributed by atoms with van der Waals surface area (Å²) in [5.74, 6) is -0.629. The van der Waals surface area contributed by atoms with Crippen LogP contribution in [0.5, 0.6) is 0 Å². The lowest BCUT2D eigenvalue weighted by molar-refractivity contribution is -0.183. The summed E-state index contributed by atoms with van der Waals surface area (Å²) in [5, 5.41) is 6.38. The maximum Gasteiger partial charge on any atom is 0.391 e. The van der Waals surface area contributed by atoms with E-state index in [1.165, 1.54) is 0 Å². The summed E-state index contributed by atoms with van der Waals surface area (Å²) in [4.78, 5) is 6.89. The first kappa shape index (κ1) is 23.8. The molecule has 0 bridgehead atoms. The highest BCUT2D eigenvalue weighted by Gasteiger charge is 2.42. The Kier molecular flexibility index (Phi) is 9.10. The zero-order chi connectivity index (χ0) is 20.0. The molecule has 1 saturated carbocycles. The second-order valence-corrected chi connectivity index (χ2v) is 7.49. The molecular weight excluding hydrogens is 492 g/mol. The van der Waals surface area contributed by atoms with Crippen LogP contribution in [0.1, 0.15) is 38.2 Å². The van der Waals surface area contributed by atoms with Crippen molar-refractivity contribution in [1.29, 1.82) is 0 Å². The number of rotatable bonds is 5. The number of anilines is 1. The molecule has 1 aromatic carbocycles. The molecule has 1 aromatic rings. The molecule has 2 aliphatic rings. The number of guanidine groups is 1. The van der Waals surface area contributed by atoms with Crippen molar-refractivity contribution in [2.24, 2.45) is 10.9 Å². The maximum atomic E-state index is 13.1. The topological polar surface area (TPSA) is 39.7 Å². The molecule has 3 rings (SSSR count). The number of alkyl halides is 3. The SMILES string of the molecule is CCNC(=NCc1cccc(N2CC=CC2)c1)NC1CCCC(C(F)(F)F)C1.I. The Morgan fingerprint density at radius 1 is 1.21 bits per heavy atom. The minimum Gasteiger partial charge on any atom is -0.364 e. The quantitative estimate of drug-likeness (QED) is 0.251. The Labute approximate surface area is 188 Å². The van der Waals surface area contributed by atoms with Gasteiger partial charge in [0.1, 0.15) is 0 Å². The van der Waals surface area contributed by atoms with Crippen LogP contribution < -0.4 is 15.5 Å². The van der Waals surface area contributed by atoms with Crippen LogP contribution in [0.2, 0.25) is 0 Å². The summed E-state index contributed by atoms with van der Waals surface area (Å²) < 4.78 is 39.2. The fourth-order valence-corrected chi connectivity index (χ4v) is 3.84. The fourth-order valence-electron chi connectivity index (χ4n) is 3.84. The first-order chi connectivity index (χ1) is 13.5.